The molecule has 0 atom stereocenters. The van der Waals surface area contributed by atoms with Crippen molar-refractivity contribution in [2.75, 3.05) is 4.72 Å². The highest BCUT2D eigenvalue weighted by Crippen LogP contribution is 2.26. The average Bonchev–Trinajstić information content (AvgIpc) is 2.50. The Hall–Kier alpha value is -2.04. The predicted octanol–water partition coefficient (Wildman–Crippen LogP) is 4.60. The van der Waals surface area contributed by atoms with Gasteiger partial charge in [-0.05, 0) is 36.1 Å². The Bertz CT molecular complexity index is 947. The molecule has 3 aromatic rings. The Balaban J connectivity index is 2.07. The van der Waals surface area contributed by atoms with Crippen LogP contribution in [-0.2, 0) is 10.0 Å². The lowest BCUT2D eigenvalue weighted by Crippen LogP contribution is -2.13. The highest BCUT2D eigenvalue weighted by molar-refractivity contribution is 7.93. The quantitative estimate of drug-likeness (QED) is 0.762. The summed E-state index contributed by atoms with van der Waals surface area (Å²) in [7, 11) is -3.68. The monoisotopic (exact) mass is 331 g/mol. The second kappa shape index (κ2) is 5.63. The van der Waals surface area contributed by atoms with Crippen LogP contribution in [0.25, 0.3) is 10.8 Å². The van der Waals surface area contributed by atoms with E-state index >= 15 is 0 Å². The minimum atomic E-state index is -3.68. The summed E-state index contributed by atoms with van der Waals surface area (Å²) < 4.78 is 27.9. The van der Waals surface area contributed by atoms with Gasteiger partial charge in [-0.2, -0.15) is 0 Å². The van der Waals surface area contributed by atoms with Gasteiger partial charge in [-0.25, -0.2) is 8.42 Å². The van der Waals surface area contributed by atoms with Crippen LogP contribution in [-0.4, -0.2) is 8.42 Å². The number of aryl methyl sites for hydroxylation is 1. The first kappa shape index (κ1) is 14.9. The number of rotatable bonds is 3. The molecule has 0 radical (unpaired) electrons. The summed E-state index contributed by atoms with van der Waals surface area (Å²) in [5.41, 5.74) is 1.35. The molecule has 1 N–H and O–H groups in total. The third kappa shape index (κ3) is 2.80. The topological polar surface area (TPSA) is 46.2 Å². The van der Waals surface area contributed by atoms with Crippen molar-refractivity contribution < 1.29 is 8.42 Å². The summed E-state index contributed by atoms with van der Waals surface area (Å²) in [6.45, 7) is 1.87. The molecule has 5 heteroatoms. The summed E-state index contributed by atoms with van der Waals surface area (Å²) in [6, 6.07) is 17.7. The van der Waals surface area contributed by atoms with E-state index in [1.54, 1.807) is 36.4 Å². The molecule has 3 rings (SSSR count). The number of hydrogen-bond donors (Lipinski definition) is 1. The lowest BCUT2D eigenvalue weighted by atomic mass is 10.1. The Morgan fingerprint density at radius 3 is 2.45 bits per heavy atom. The summed E-state index contributed by atoms with van der Waals surface area (Å²) in [6.07, 6.45) is 0. The fraction of sp³-hybridized carbons (Fsp3) is 0.0588. The number of nitrogens with one attached hydrogen (secondary N) is 1. The van der Waals surface area contributed by atoms with Crippen molar-refractivity contribution in [1.82, 2.24) is 0 Å². The fourth-order valence-corrected chi connectivity index (χ4v) is 3.76. The smallest absolute Gasteiger partial charge is 0.262 e. The van der Waals surface area contributed by atoms with Crippen molar-refractivity contribution in [1.29, 1.82) is 0 Å². The maximum atomic E-state index is 12.7. The van der Waals surface area contributed by atoms with E-state index in [1.807, 2.05) is 31.2 Å². The number of fused-ring (bicyclic) bond motifs is 1. The van der Waals surface area contributed by atoms with Crippen LogP contribution < -0.4 is 4.72 Å². The van der Waals surface area contributed by atoms with E-state index < -0.39 is 10.0 Å². The van der Waals surface area contributed by atoms with Gasteiger partial charge >= 0.3 is 0 Å². The Kier molecular flexibility index (Phi) is 3.81. The maximum Gasteiger partial charge on any atom is 0.262 e. The molecular weight excluding hydrogens is 318 g/mol. The molecule has 0 heterocycles. The van der Waals surface area contributed by atoms with E-state index in [2.05, 4.69) is 4.72 Å². The van der Waals surface area contributed by atoms with Crippen LogP contribution in [0, 0.1) is 6.92 Å². The molecule has 22 heavy (non-hydrogen) atoms. The van der Waals surface area contributed by atoms with Gasteiger partial charge < -0.3 is 0 Å². The van der Waals surface area contributed by atoms with Crippen molar-refractivity contribution in [3.8, 4) is 0 Å². The van der Waals surface area contributed by atoms with Crippen molar-refractivity contribution >= 4 is 38.1 Å². The van der Waals surface area contributed by atoms with Gasteiger partial charge in [-0.3, -0.25) is 4.72 Å². The molecule has 0 amide bonds. The van der Waals surface area contributed by atoms with Crippen molar-refractivity contribution in [3.05, 3.63) is 71.2 Å². The molecule has 0 aliphatic heterocycles. The van der Waals surface area contributed by atoms with Crippen LogP contribution in [0.4, 0.5) is 5.69 Å². The number of halogens is 1. The van der Waals surface area contributed by atoms with Gasteiger partial charge in [0.05, 0.1) is 10.6 Å². The number of sulfonamides is 1. The third-order valence-electron chi connectivity index (χ3n) is 3.46. The van der Waals surface area contributed by atoms with Gasteiger partial charge in [0.2, 0.25) is 0 Å². The van der Waals surface area contributed by atoms with Gasteiger partial charge in [-0.1, -0.05) is 54.1 Å². The molecule has 3 aromatic carbocycles. The van der Waals surface area contributed by atoms with Gasteiger partial charge in [0.25, 0.3) is 10.0 Å². The largest absolute Gasteiger partial charge is 0.280 e. The predicted molar refractivity (Wildman–Crippen MR) is 90.9 cm³/mol. The van der Waals surface area contributed by atoms with E-state index in [-0.39, 0.29) is 4.90 Å². The third-order valence-corrected chi connectivity index (χ3v) is 5.31. The highest BCUT2D eigenvalue weighted by atomic mass is 35.5. The molecular formula is C17H14ClNO2S. The Morgan fingerprint density at radius 1 is 0.955 bits per heavy atom. The average molecular weight is 332 g/mol. The number of hydrogen-bond acceptors (Lipinski definition) is 2. The second-order valence-corrected chi connectivity index (χ2v) is 7.10. The van der Waals surface area contributed by atoms with Gasteiger partial charge in [0.1, 0.15) is 0 Å². The molecule has 0 saturated heterocycles. The van der Waals surface area contributed by atoms with Gasteiger partial charge in [-0.15, -0.1) is 0 Å². The highest BCUT2D eigenvalue weighted by Gasteiger charge is 2.17. The normalized spacial score (nSPS) is 11.5. The van der Waals surface area contributed by atoms with Gasteiger partial charge in [0.15, 0.2) is 0 Å². The summed E-state index contributed by atoms with van der Waals surface area (Å²) in [4.78, 5) is 0.252. The molecule has 0 aliphatic carbocycles. The Labute approximate surface area is 134 Å². The molecule has 0 saturated carbocycles. The zero-order chi connectivity index (χ0) is 15.7. The van der Waals surface area contributed by atoms with Crippen molar-refractivity contribution in [2.45, 2.75) is 11.8 Å². The van der Waals surface area contributed by atoms with E-state index in [4.69, 9.17) is 11.6 Å². The zero-order valence-corrected chi connectivity index (χ0v) is 13.4. The van der Waals surface area contributed by atoms with E-state index in [1.165, 1.54) is 0 Å². The van der Waals surface area contributed by atoms with Crippen LogP contribution in [0.1, 0.15) is 5.56 Å². The number of anilines is 1. The first-order valence-corrected chi connectivity index (χ1v) is 8.60. The van der Waals surface area contributed by atoms with Crippen LogP contribution >= 0.6 is 11.6 Å². The SMILES string of the molecule is Cc1ccc(NS(=O)(=O)c2cccc3ccccc23)cc1Cl. The zero-order valence-electron chi connectivity index (χ0n) is 11.9. The molecule has 0 bridgehead atoms. The first-order valence-electron chi connectivity index (χ1n) is 6.74. The number of benzene rings is 3. The van der Waals surface area contributed by atoms with E-state index in [0.29, 0.717) is 16.1 Å². The molecule has 3 nitrogen and oxygen atoms in total. The summed E-state index contributed by atoms with van der Waals surface area (Å²) in [5.74, 6) is 0. The molecule has 0 unspecified atom stereocenters. The molecule has 0 aliphatic rings. The first-order chi connectivity index (χ1) is 10.5. The summed E-state index contributed by atoms with van der Waals surface area (Å²) >= 11 is 6.05. The van der Waals surface area contributed by atoms with Crippen LogP contribution in [0.3, 0.4) is 0 Å². The van der Waals surface area contributed by atoms with Crippen molar-refractivity contribution in [2.24, 2.45) is 0 Å². The lowest BCUT2D eigenvalue weighted by Gasteiger charge is -2.11. The Morgan fingerprint density at radius 2 is 1.68 bits per heavy atom. The summed E-state index contributed by atoms with van der Waals surface area (Å²) in [5, 5.41) is 2.10. The molecule has 0 spiro atoms. The van der Waals surface area contributed by atoms with Crippen molar-refractivity contribution in [3.63, 3.8) is 0 Å². The minimum Gasteiger partial charge on any atom is -0.280 e. The standard InChI is InChI=1S/C17H14ClNO2S/c1-12-9-10-14(11-16(12)18)19-22(20,21)17-8-4-6-13-5-2-3-7-15(13)17/h2-11,19H,1H3. The van der Waals surface area contributed by atoms with Crippen LogP contribution in [0.2, 0.25) is 5.02 Å². The molecule has 0 fully saturated rings. The van der Waals surface area contributed by atoms with Crippen LogP contribution in [0.5, 0.6) is 0 Å². The molecule has 112 valence electrons. The molecule has 0 aromatic heterocycles. The minimum absolute atomic E-state index is 0.252. The van der Waals surface area contributed by atoms with E-state index in [0.717, 1.165) is 10.9 Å². The second-order valence-electron chi connectivity index (χ2n) is 5.05. The fourth-order valence-electron chi connectivity index (χ4n) is 2.30. The maximum absolute atomic E-state index is 12.7. The van der Waals surface area contributed by atoms with Gasteiger partial charge in [0, 0.05) is 10.4 Å². The lowest BCUT2D eigenvalue weighted by molar-refractivity contribution is 0.602. The van der Waals surface area contributed by atoms with Crippen LogP contribution in [0.15, 0.2) is 65.6 Å². The van der Waals surface area contributed by atoms with E-state index in [9.17, 15) is 8.42 Å².